The third-order valence-corrected chi connectivity index (χ3v) is 14.7. The summed E-state index contributed by atoms with van der Waals surface area (Å²) in [4.78, 5) is 15.3. The molecule has 0 spiro atoms. The summed E-state index contributed by atoms with van der Waals surface area (Å²) in [6.45, 7) is 0. The largest absolute Gasteiger partial charge is 0.208 e. The van der Waals surface area contributed by atoms with E-state index in [4.69, 9.17) is 15.0 Å². The van der Waals surface area contributed by atoms with Gasteiger partial charge < -0.3 is 0 Å². The lowest BCUT2D eigenvalue weighted by Gasteiger charge is -2.17. The first-order chi connectivity index (χ1) is 32.2. The monoisotopic (exact) mass is 841 g/mol. The van der Waals surface area contributed by atoms with Crippen molar-refractivity contribution in [3.05, 3.63) is 212 Å². The van der Waals surface area contributed by atoms with Crippen LogP contribution in [0.25, 0.3) is 141 Å². The summed E-state index contributed by atoms with van der Waals surface area (Å²) in [6.07, 6.45) is 0. The summed E-state index contributed by atoms with van der Waals surface area (Å²) >= 11 is 1.79. The number of thiophene rings is 1. The zero-order valence-corrected chi connectivity index (χ0v) is 35.8. The van der Waals surface area contributed by atoms with Gasteiger partial charge in [-0.05, 0) is 111 Å². The molecule has 3 nitrogen and oxygen atoms in total. The second-order valence-electron chi connectivity index (χ2n) is 17.1. The Balaban J connectivity index is 0.869. The molecule has 0 fully saturated rings. The Bertz CT molecular complexity index is 4200. The molecule has 0 saturated carbocycles. The van der Waals surface area contributed by atoms with Gasteiger partial charge in [0.15, 0.2) is 17.5 Å². The lowest BCUT2D eigenvalue weighted by molar-refractivity contribution is 1.08. The van der Waals surface area contributed by atoms with Gasteiger partial charge in [0.05, 0.1) is 0 Å². The van der Waals surface area contributed by atoms with E-state index in [0.717, 1.165) is 27.8 Å². The molecule has 0 aliphatic heterocycles. The van der Waals surface area contributed by atoms with E-state index < -0.39 is 0 Å². The molecule has 0 amide bonds. The Morgan fingerprint density at radius 3 is 1.34 bits per heavy atom. The van der Waals surface area contributed by atoms with Crippen LogP contribution >= 0.6 is 11.3 Å². The molecule has 14 aromatic rings. The molecule has 2 heterocycles. The van der Waals surface area contributed by atoms with Crippen LogP contribution in [-0.4, -0.2) is 15.0 Å². The van der Waals surface area contributed by atoms with Gasteiger partial charge in [0.1, 0.15) is 0 Å². The van der Waals surface area contributed by atoms with Crippen molar-refractivity contribution in [3.8, 4) is 56.4 Å². The van der Waals surface area contributed by atoms with Crippen LogP contribution in [0.1, 0.15) is 0 Å². The number of hydrogen-bond donors (Lipinski definition) is 0. The Morgan fingerprint density at radius 1 is 0.262 bits per heavy atom. The highest BCUT2D eigenvalue weighted by atomic mass is 32.1. The third kappa shape index (κ3) is 5.64. The van der Waals surface area contributed by atoms with Crippen LogP contribution in [-0.2, 0) is 0 Å². The molecule has 0 aliphatic carbocycles. The van der Waals surface area contributed by atoms with Crippen LogP contribution in [0.3, 0.4) is 0 Å². The van der Waals surface area contributed by atoms with Gasteiger partial charge >= 0.3 is 0 Å². The second kappa shape index (κ2) is 14.1. The fourth-order valence-electron chi connectivity index (χ4n) is 10.4. The van der Waals surface area contributed by atoms with Gasteiger partial charge in [-0.3, -0.25) is 0 Å². The first kappa shape index (κ1) is 36.2. The fraction of sp³-hybridized carbons (Fsp3) is 0. The average molecular weight is 842 g/mol. The Morgan fingerprint density at radius 2 is 0.708 bits per heavy atom. The molecule has 65 heavy (non-hydrogen) atoms. The predicted molar refractivity (Wildman–Crippen MR) is 276 cm³/mol. The number of fused-ring (bicyclic) bond motifs is 5. The molecule has 0 N–H and O–H groups in total. The molecule has 4 heteroatoms. The highest BCUT2D eigenvalue weighted by molar-refractivity contribution is 7.26. The van der Waals surface area contributed by atoms with Gasteiger partial charge in [-0.2, -0.15) is 0 Å². The first-order valence-corrected chi connectivity index (χ1v) is 22.9. The third-order valence-electron chi connectivity index (χ3n) is 13.4. The van der Waals surface area contributed by atoms with Crippen molar-refractivity contribution < 1.29 is 0 Å². The van der Waals surface area contributed by atoms with E-state index >= 15 is 0 Å². The highest BCUT2D eigenvalue weighted by Crippen LogP contribution is 2.45. The summed E-state index contributed by atoms with van der Waals surface area (Å²) in [7, 11) is 0. The van der Waals surface area contributed by atoms with Crippen LogP contribution in [0, 0.1) is 0 Å². The second-order valence-corrected chi connectivity index (χ2v) is 18.1. The molecule has 0 atom stereocenters. The number of hydrogen-bond acceptors (Lipinski definition) is 4. The van der Waals surface area contributed by atoms with E-state index in [1.54, 1.807) is 11.3 Å². The maximum atomic E-state index is 5.15. The van der Waals surface area contributed by atoms with Gasteiger partial charge in [-0.1, -0.05) is 188 Å². The highest BCUT2D eigenvalue weighted by Gasteiger charge is 2.19. The molecule has 14 rings (SSSR count). The standard InChI is InChI=1S/C61H35N3S/c1-2-10-42(11-3-1)59-62-60(64-61(63-59)51-20-9-19-50-46-15-4-5-21-53(46)65-58(50)51)43-31-26-37(27-32-43)36-22-24-38(25-23-36)45-34-44-33-30-41-13-7-17-48-47-16-6-12-39-28-29-40-14-8-18-49(56(40)54(39)47)52(35-45)57(44)55(41)48/h1-35H. The molecule has 0 aliphatic rings. The van der Waals surface area contributed by atoms with Crippen LogP contribution in [0.15, 0.2) is 212 Å². The molecular formula is C61H35N3S. The van der Waals surface area contributed by atoms with Gasteiger partial charge in [0.25, 0.3) is 0 Å². The minimum absolute atomic E-state index is 0.649. The van der Waals surface area contributed by atoms with E-state index in [1.165, 1.54) is 95.9 Å². The van der Waals surface area contributed by atoms with Gasteiger partial charge in [0.2, 0.25) is 0 Å². The van der Waals surface area contributed by atoms with Crippen molar-refractivity contribution in [3.63, 3.8) is 0 Å². The number of aromatic nitrogens is 3. The summed E-state index contributed by atoms with van der Waals surface area (Å²) in [6, 6.07) is 77.1. The molecule has 0 radical (unpaired) electrons. The zero-order valence-electron chi connectivity index (χ0n) is 35.0. The Hall–Kier alpha value is -8.31. The van der Waals surface area contributed by atoms with Crippen molar-refractivity contribution in [2.24, 2.45) is 0 Å². The summed E-state index contributed by atoms with van der Waals surface area (Å²) in [5.41, 5.74) is 7.58. The van der Waals surface area contributed by atoms with Gasteiger partial charge in [-0.25, -0.2) is 15.0 Å². The minimum atomic E-state index is 0.649. The lowest BCUT2D eigenvalue weighted by Crippen LogP contribution is -2.00. The Kier molecular flexibility index (Phi) is 7.85. The molecule has 2 aromatic heterocycles. The molecule has 0 saturated heterocycles. The topological polar surface area (TPSA) is 38.7 Å². The van der Waals surface area contributed by atoms with E-state index in [0.29, 0.717) is 17.5 Å². The average Bonchev–Trinajstić information content (AvgIpc) is 3.76. The van der Waals surface area contributed by atoms with Gasteiger partial charge in [0, 0.05) is 36.9 Å². The summed E-state index contributed by atoms with van der Waals surface area (Å²) in [5.74, 6) is 1.98. The van der Waals surface area contributed by atoms with Crippen molar-refractivity contribution in [1.29, 1.82) is 0 Å². The Labute approximate surface area is 377 Å². The van der Waals surface area contributed by atoms with E-state index in [9.17, 15) is 0 Å². The molecule has 300 valence electrons. The van der Waals surface area contributed by atoms with E-state index in [-0.39, 0.29) is 0 Å². The molecule has 0 unspecified atom stereocenters. The molecule has 0 bridgehead atoms. The molecular weight excluding hydrogens is 807 g/mol. The lowest BCUT2D eigenvalue weighted by atomic mass is 9.86. The maximum absolute atomic E-state index is 5.15. The van der Waals surface area contributed by atoms with E-state index in [1.807, 2.05) is 18.2 Å². The summed E-state index contributed by atoms with van der Waals surface area (Å²) in [5, 5.41) is 18.0. The SMILES string of the molecule is c1ccc(-c2nc(-c3ccc(-c4ccc(-c5cc6ccc7cccc8c9cccc%10ccc%11cccc(c(c5)c6c78)c%11c%109)cc4)cc3)nc(-c3cccc4c3sc3ccccc34)n2)cc1. The van der Waals surface area contributed by atoms with Crippen molar-refractivity contribution >= 4 is 96.1 Å². The fourth-order valence-corrected chi connectivity index (χ4v) is 11.6. The normalized spacial score (nSPS) is 12.0. The first-order valence-electron chi connectivity index (χ1n) is 22.1. The quantitative estimate of drug-likeness (QED) is 0.162. The van der Waals surface area contributed by atoms with E-state index in [2.05, 4.69) is 194 Å². The maximum Gasteiger partial charge on any atom is 0.165 e. The van der Waals surface area contributed by atoms with Gasteiger partial charge in [-0.15, -0.1) is 11.3 Å². The van der Waals surface area contributed by atoms with Crippen LogP contribution in [0.4, 0.5) is 0 Å². The van der Waals surface area contributed by atoms with Crippen molar-refractivity contribution in [1.82, 2.24) is 15.0 Å². The van der Waals surface area contributed by atoms with Crippen LogP contribution in [0.5, 0.6) is 0 Å². The minimum Gasteiger partial charge on any atom is -0.208 e. The van der Waals surface area contributed by atoms with Crippen molar-refractivity contribution in [2.45, 2.75) is 0 Å². The number of benzene rings is 11. The molecule has 12 aromatic carbocycles. The predicted octanol–water partition coefficient (Wildman–Crippen LogP) is 16.9. The van der Waals surface area contributed by atoms with Crippen LogP contribution < -0.4 is 0 Å². The number of nitrogens with zero attached hydrogens (tertiary/aromatic N) is 3. The smallest absolute Gasteiger partial charge is 0.165 e. The zero-order chi connectivity index (χ0) is 42.6. The van der Waals surface area contributed by atoms with Crippen LogP contribution in [0.2, 0.25) is 0 Å². The number of rotatable bonds is 5. The summed E-state index contributed by atoms with van der Waals surface area (Å²) < 4.78 is 2.43. The van der Waals surface area contributed by atoms with Crippen molar-refractivity contribution in [2.75, 3.05) is 0 Å².